The SMILES string of the molecule is CCN(CC)C(=O)CN1CCC[C@H](CCc2ccc(F)cc2)C1. The van der Waals surface area contributed by atoms with Crippen LogP contribution >= 0.6 is 0 Å². The first-order chi connectivity index (χ1) is 11.1. The van der Waals surface area contributed by atoms with Gasteiger partial charge in [-0.25, -0.2) is 4.39 Å². The van der Waals surface area contributed by atoms with Crippen molar-refractivity contribution in [3.63, 3.8) is 0 Å². The smallest absolute Gasteiger partial charge is 0.236 e. The summed E-state index contributed by atoms with van der Waals surface area (Å²) in [5.41, 5.74) is 1.20. The molecule has 0 saturated carbocycles. The molecule has 0 aromatic heterocycles. The standard InChI is InChI=1S/C19H29FN2O/c1-3-22(4-2)19(23)15-21-13-5-6-17(14-21)8-7-16-9-11-18(20)12-10-16/h9-12,17H,3-8,13-15H2,1-2H3/t17-/m1/s1. The number of rotatable bonds is 7. The molecule has 1 heterocycles. The van der Waals surface area contributed by atoms with Crippen LogP contribution in [0.5, 0.6) is 0 Å². The maximum atomic E-state index is 12.9. The Kier molecular flexibility index (Phi) is 7.03. The van der Waals surface area contributed by atoms with Gasteiger partial charge in [-0.1, -0.05) is 12.1 Å². The van der Waals surface area contributed by atoms with Gasteiger partial charge in [0.25, 0.3) is 0 Å². The van der Waals surface area contributed by atoms with E-state index in [1.54, 1.807) is 0 Å². The molecule has 0 N–H and O–H groups in total. The second-order valence-corrected chi connectivity index (χ2v) is 6.47. The molecule has 0 spiro atoms. The van der Waals surface area contributed by atoms with Crippen LogP contribution in [-0.4, -0.2) is 48.4 Å². The fourth-order valence-electron chi connectivity index (χ4n) is 3.42. The number of hydrogen-bond acceptors (Lipinski definition) is 2. The molecule has 3 nitrogen and oxygen atoms in total. The average Bonchev–Trinajstić information content (AvgIpc) is 2.56. The second-order valence-electron chi connectivity index (χ2n) is 6.47. The fraction of sp³-hybridized carbons (Fsp3) is 0.632. The highest BCUT2D eigenvalue weighted by atomic mass is 19.1. The minimum Gasteiger partial charge on any atom is -0.342 e. The molecule has 1 fully saturated rings. The lowest BCUT2D eigenvalue weighted by molar-refractivity contribution is -0.132. The number of amides is 1. The normalized spacial score (nSPS) is 18.8. The highest BCUT2D eigenvalue weighted by Crippen LogP contribution is 2.21. The minimum atomic E-state index is -0.174. The van der Waals surface area contributed by atoms with Crippen LogP contribution in [-0.2, 0) is 11.2 Å². The number of nitrogens with zero attached hydrogens (tertiary/aromatic N) is 2. The number of piperidine rings is 1. The van der Waals surface area contributed by atoms with Gasteiger partial charge in [-0.3, -0.25) is 9.69 Å². The molecule has 2 rings (SSSR count). The van der Waals surface area contributed by atoms with Crippen molar-refractivity contribution in [1.29, 1.82) is 0 Å². The zero-order valence-electron chi connectivity index (χ0n) is 14.4. The predicted octanol–water partition coefficient (Wildman–Crippen LogP) is 3.34. The van der Waals surface area contributed by atoms with Gasteiger partial charge in [0.05, 0.1) is 6.54 Å². The number of carbonyl (C=O) groups is 1. The van der Waals surface area contributed by atoms with E-state index in [2.05, 4.69) is 4.90 Å². The third-order valence-electron chi connectivity index (χ3n) is 4.83. The summed E-state index contributed by atoms with van der Waals surface area (Å²) in [6, 6.07) is 6.82. The highest BCUT2D eigenvalue weighted by molar-refractivity contribution is 5.78. The van der Waals surface area contributed by atoms with E-state index in [1.165, 1.54) is 30.5 Å². The van der Waals surface area contributed by atoms with Crippen LogP contribution in [0.3, 0.4) is 0 Å². The lowest BCUT2D eigenvalue weighted by atomic mass is 9.91. The summed E-state index contributed by atoms with van der Waals surface area (Å²) < 4.78 is 12.9. The van der Waals surface area contributed by atoms with Gasteiger partial charge in [0, 0.05) is 19.6 Å². The number of carbonyl (C=O) groups excluding carboxylic acids is 1. The van der Waals surface area contributed by atoms with Gasteiger partial charge in [-0.15, -0.1) is 0 Å². The number of likely N-dealkylation sites (N-methyl/N-ethyl adjacent to an activating group) is 1. The lowest BCUT2D eigenvalue weighted by Crippen LogP contribution is -2.44. The molecular formula is C19H29FN2O. The summed E-state index contributed by atoms with van der Waals surface area (Å²) in [7, 11) is 0. The van der Waals surface area contributed by atoms with E-state index >= 15 is 0 Å². The Balaban J connectivity index is 1.78. The molecule has 23 heavy (non-hydrogen) atoms. The maximum Gasteiger partial charge on any atom is 0.236 e. The first-order valence-electron chi connectivity index (χ1n) is 8.87. The Hall–Kier alpha value is -1.42. The second kappa shape index (κ2) is 9.02. The molecule has 1 aromatic carbocycles. The van der Waals surface area contributed by atoms with Crippen LogP contribution in [0.2, 0.25) is 0 Å². The van der Waals surface area contributed by atoms with E-state index in [0.29, 0.717) is 12.5 Å². The van der Waals surface area contributed by atoms with Crippen LogP contribution in [0, 0.1) is 11.7 Å². The van der Waals surface area contributed by atoms with Crippen molar-refractivity contribution in [2.24, 2.45) is 5.92 Å². The van der Waals surface area contributed by atoms with Gasteiger partial charge in [-0.2, -0.15) is 0 Å². The van der Waals surface area contributed by atoms with Crippen LogP contribution in [0.4, 0.5) is 4.39 Å². The molecule has 128 valence electrons. The molecule has 1 amide bonds. The van der Waals surface area contributed by atoms with Crippen molar-refractivity contribution in [2.75, 3.05) is 32.7 Å². The molecule has 1 aliphatic rings. The highest BCUT2D eigenvalue weighted by Gasteiger charge is 2.22. The maximum absolute atomic E-state index is 12.9. The third kappa shape index (κ3) is 5.61. The summed E-state index contributed by atoms with van der Waals surface area (Å²) in [6.45, 7) is 8.23. The van der Waals surface area contributed by atoms with E-state index in [0.717, 1.165) is 39.0 Å². The Bertz CT molecular complexity index is 485. The third-order valence-corrected chi connectivity index (χ3v) is 4.83. The lowest BCUT2D eigenvalue weighted by Gasteiger charge is -2.33. The van der Waals surface area contributed by atoms with E-state index in [4.69, 9.17) is 0 Å². The number of benzene rings is 1. The minimum absolute atomic E-state index is 0.174. The molecule has 0 aliphatic carbocycles. The fourth-order valence-corrected chi connectivity index (χ4v) is 3.42. The topological polar surface area (TPSA) is 23.6 Å². The molecular weight excluding hydrogens is 291 g/mol. The van der Waals surface area contributed by atoms with Crippen molar-refractivity contribution >= 4 is 5.91 Å². The first kappa shape index (κ1) is 17.9. The summed E-state index contributed by atoms with van der Waals surface area (Å²) in [4.78, 5) is 16.5. The van der Waals surface area contributed by atoms with Crippen molar-refractivity contribution in [1.82, 2.24) is 9.80 Å². The van der Waals surface area contributed by atoms with Gasteiger partial charge < -0.3 is 4.90 Å². The van der Waals surface area contributed by atoms with E-state index in [9.17, 15) is 9.18 Å². The quantitative estimate of drug-likeness (QED) is 0.769. The average molecular weight is 320 g/mol. The van der Waals surface area contributed by atoms with Crippen LogP contribution in [0.15, 0.2) is 24.3 Å². The van der Waals surface area contributed by atoms with Gasteiger partial charge in [0.1, 0.15) is 5.82 Å². The monoisotopic (exact) mass is 320 g/mol. The van der Waals surface area contributed by atoms with Crippen molar-refractivity contribution in [3.8, 4) is 0 Å². The predicted molar refractivity (Wildman–Crippen MR) is 91.8 cm³/mol. The zero-order chi connectivity index (χ0) is 16.7. The van der Waals surface area contributed by atoms with Crippen molar-refractivity contribution in [2.45, 2.75) is 39.5 Å². The molecule has 1 aromatic rings. The van der Waals surface area contributed by atoms with Crippen LogP contribution < -0.4 is 0 Å². The Morgan fingerprint density at radius 2 is 1.96 bits per heavy atom. The van der Waals surface area contributed by atoms with Gasteiger partial charge in [0.15, 0.2) is 0 Å². The number of likely N-dealkylation sites (tertiary alicyclic amines) is 1. The zero-order valence-corrected chi connectivity index (χ0v) is 14.4. The van der Waals surface area contributed by atoms with E-state index < -0.39 is 0 Å². The molecule has 1 atom stereocenters. The van der Waals surface area contributed by atoms with Crippen LogP contribution in [0.1, 0.15) is 38.7 Å². The summed E-state index contributed by atoms with van der Waals surface area (Å²) in [5, 5.41) is 0. The molecule has 4 heteroatoms. The van der Waals surface area contributed by atoms with Gasteiger partial charge >= 0.3 is 0 Å². The number of halogens is 1. The number of hydrogen-bond donors (Lipinski definition) is 0. The van der Waals surface area contributed by atoms with Crippen molar-refractivity contribution < 1.29 is 9.18 Å². The molecule has 1 aliphatic heterocycles. The summed E-state index contributed by atoms with van der Waals surface area (Å²) in [5.74, 6) is 0.708. The van der Waals surface area contributed by atoms with Crippen molar-refractivity contribution in [3.05, 3.63) is 35.6 Å². The summed E-state index contributed by atoms with van der Waals surface area (Å²) in [6.07, 6.45) is 4.50. The Labute approximate surface area is 139 Å². The largest absolute Gasteiger partial charge is 0.342 e. The summed E-state index contributed by atoms with van der Waals surface area (Å²) >= 11 is 0. The molecule has 0 unspecified atom stereocenters. The molecule has 0 radical (unpaired) electrons. The van der Waals surface area contributed by atoms with E-state index in [1.807, 2.05) is 30.9 Å². The van der Waals surface area contributed by atoms with Gasteiger partial charge in [-0.05, 0) is 69.7 Å². The Morgan fingerprint density at radius 3 is 2.61 bits per heavy atom. The number of aryl methyl sites for hydroxylation is 1. The van der Waals surface area contributed by atoms with Gasteiger partial charge in [0.2, 0.25) is 5.91 Å². The van der Waals surface area contributed by atoms with E-state index in [-0.39, 0.29) is 11.7 Å². The molecule has 1 saturated heterocycles. The molecule has 0 bridgehead atoms. The Morgan fingerprint density at radius 1 is 1.26 bits per heavy atom. The first-order valence-corrected chi connectivity index (χ1v) is 8.87. The van der Waals surface area contributed by atoms with Crippen LogP contribution in [0.25, 0.3) is 0 Å².